The van der Waals surface area contributed by atoms with Crippen LogP contribution in [0.25, 0.3) is 0 Å². The summed E-state index contributed by atoms with van der Waals surface area (Å²) in [6.07, 6.45) is 1.54. The Morgan fingerprint density at radius 1 is 1.29 bits per heavy atom. The van der Waals surface area contributed by atoms with Gasteiger partial charge in [0.15, 0.2) is 5.82 Å². The standard InChI is InChI=1S/C14H19FN2/c1-6-10-8(3)13(15)14(17-5)12(9(4)16)11(10)7-2/h16H,5-7H2,1-4H3. The average molecular weight is 234 g/mol. The molecule has 0 amide bonds. The summed E-state index contributed by atoms with van der Waals surface area (Å²) in [6, 6.07) is 0. The molecule has 0 aliphatic rings. The van der Waals surface area contributed by atoms with Crippen molar-refractivity contribution in [1.82, 2.24) is 0 Å². The molecule has 0 radical (unpaired) electrons. The Hall–Kier alpha value is -1.51. The van der Waals surface area contributed by atoms with E-state index in [1.165, 1.54) is 0 Å². The highest BCUT2D eigenvalue weighted by atomic mass is 19.1. The molecule has 1 aromatic rings. The number of rotatable bonds is 4. The van der Waals surface area contributed by atoms with Gasteiger partial charge in [-0.15, -0.1) is 0 Å². The summed E-state index contributed by atoms with van der Waals surface area (Å²) in [5.74, 6) is -0.337. The number of nitrogens with one attached hydrogen (secondary N) is 1. The van der Waals surface area contributed by atoms with Gasteiger partial charge in [-0.3, -0.25) is 4.99 Å². The SMILES string of the molecule is C=Nc1c(F)c(C)c(CC)c(CC)c1C(C)=N. The minimum absolute atomic E-state index is 0.226. The zero-order chi connectivity index (χ0) is 13.2. The molecule has 1 rings (SSSR count). The molecule has 1 aromatic carbocycles. The summed E-state index contributed by atoms with van der Waals surface area (Å²) in [5, 5.41) is 7.81. The summed E-state index contributed by atoms with van der Waals surface area (Å²) < 4.78 is 14.2. The molecule has 0 unspecified atom stereocenters. The number of hydrogen-bond acceptors (Lipinski definition) is 2. The number of hydrogen-bond donors (Lipinski definition) is 1. The van der Waals surface area contributed by atoms with Gasteiger partial charge < -0.3 is 5.41 Å². The summed E-state index contributed by atoms with van der Waals surface area (Å²) >= 11 is 0. The number of nitrogens with zero attached hydrogens (tertiary/aromatic N) is 1. The summed E-state index contributed by atoms with van der Waals surface area (Å²) in [6.45, 7) is 10.9. The minimum atomic E-state index is -0.337. The van der Waals surface area contributed by atoms with Gasteiger partial charge >= 0.3 is 0 Å². The predicted molar refractivity (Wildman–Crippen MR) is 71.6 cm³/mol. The maximum Gasteiger partial charge on any atom is 0.152 e. The highest BCUT2D eigenvalue weighted by molar-refractivity contribution is 6.03. The Morgan fingerprint density at radius 2 is 1.82 bits per heavy atom. The van der Waals surface area contributed by atoms with E-state index in [4.69, 9.17) is 5.41 Å². The van der Waals surface area contributed by atoms with Gasteiger partial charge in [0.1, 0.15) is 5.69 Å². The van der Waals surface area contributed by atoms with Crippen molar-refractivity contribution in [3.05, 3.63) is 28.1 Å². The molecule has 0 heterocycles. The van der Waals surface area contributed by atoms with Crippen molar-refractivity contribution < 1.29 is 4.39 Å². The van der Waals surface area contributed by atoms with E-state index in [9.17, 15) is 4.39 Å². The van der Waals surface area contributed by atoms with Crippen LogP contribution < -0.4 is 0 Å². The van der Waals surface area contributed by atoms with Gasteiger partial charge in [-0.25, -0.2) is 4.39 Å². The van der Waals surface area contributed by atoms with Gasteiger partial charge in [0.25, 0.3) is 0 Å². The smallest absolute Gasteiger partial charge is 0.152 e. The average Bonchev–Trinajstić information content (AvgIpc) is 2.31. The Balaban J connectivity index is 3.82. The van der Waals surface area contributed by atoms with Crippen LogP contribution in [0.1, 0.15) is 43.0 Å². The van der Waals surface area contributed by atoms with Crippen LogP contribution in [0.5, 0.6) is 0 Å². The second kappa shape index (κ2) is 5.21. The highest BCUT2D eigenvalue weighted by Crippen LogP contribution is 2.33. The topological polar surface area (TPSA) is 36.2 Å². The molecule has 0 bridgehead atoms. The largest absolute Gasteiger partial charge is 0.305 e. The first kappa shape index (κ1) is 13.6. The third-order valence-corrected chi connectivity index (χ3v) is 3.13. The third-order valence-electron chi connectivity index (χ3n) is 3.13. The molecule has 2 nitrogen and oxygen atoms in total. The van der Waals surface area contributed by atoms with E-state index in [2.05, 4.69) is 11.7 Å². The fraction of sp³-hybridized carbons (Fsp3) is 0.429. The lowest BCUT2D eigenvalue weighted by molar-refractivity contribution is 0.616. The second-order valence-corrected chi connectivity index (χ2v) is 4.11. The molecule has 0 spiro atoms. The summed E-state index contributed by atoms with van der Waals surface area (Å²) in [4.78, 5) is 3.77. The Bertz CT molecular complexity index is 476. The Morgan fingerprint density at radius 3 is 2.18 bits per heavy atom. The molecule has 0 saturated heterocycles. The van der Waals surface area contributed by atoms with Crippen molar-refractivity contribution in [2.45, 2.75) is 40.5 Å². The van der Waals surface area contributed by atoms with E-state index >= 15 is 0 Å². The monoisotopic (exact) mass is 234 g/mol. The lowest BCUT2D eigenvalue weighted by Crippen LogP contribution is -2.08. The highest BCUT2D eigenvalue weighted by Gasteiger charge is 2.20. The van der Waals surface area contributed by atoms with Crippen molar-refractivity contribution in [3.8, 4) is 0 Å². The first-order chi connectivity index (χ1) is 7.99. The maximum atomic E-state index is 14.2. The van der Waals surface area contributed by atoms with Crippen LogP contribution in [0.3, 0.4) is 0 Å². The fourth-order valence-electron chi connectivity index (χ4n) is 2.36. The Kier molecular flexibility index (Phi) is 4.16. The number of halogens is 1. The molecule has 0 aliphatic heterocycles. The van der Waals surface area contributed by atoms with Crippen LogP contribution in [0.4, 0.5) is 10.1 Å². The second-order valence-electron chi connectivity index (χ2n) is 4.11. The van der Waals surface area contributed by atoms with E-state index in [1.54, 1.807) is 13.8 Å². The van der Waals surface area contributed by atoms with E-state index in [-0.39, 0.29) is 11.5 Å². The predicted octanol–water partition coefficient (Wildman–Crippen LogP) is 3.98. The van der Waals surface area contributed by atoms with Crippen molar-refractivity contribution in [2.75, 3.05) is 0 Å². The third kappa shape index (κ3) is 2.14. The maximum absolute atomic E-state index is 14.2. The van der Waals surface area contributed by atoms with E-state index in [0.29, 0.717) is 16.8 Å². The van der Waals surface area contributed by atoms with Crippen LogP contribution in [0.15, 0.2) is 4.99 Å². The first-order valence-corrected chi connectivity index (χ1v) is 5.85. The lowest BCUT2D eigenvalue weighted by Gasteiger charge is -2.18. The Labute approximate surface area is 102 Å². The molecule has 0 fully saturated rings. The molecule has 0 aliphatic carbocycles. The molecule has 17 heavy (non-hydrogen) atoms. The van der Waals surface area contributed by atoms with E-state index in [0.717, 1.165) is 24.0 Å². The van der Waals surface area contributed by atoms with Crippen molar-refractivity contribution in [1.29, 1.82) is 5.41 Å². The van der Waals surface area contributed by atoms with Gasteiger partial charge in [-0.1, -0.05) is 13.8 Å². The summed E-state index contributed by atoms with van der Waals surface area (Å²) in [5.41, 5.74) is 3.85. The molecule has 0 saturated carbocycles. The quantitative estimate of drug-likeness (QED) is 0.765. The van der Waals surface area contributed by atoms with Gasteiger partial charge in [0.05, 0.1) is 0 Å². The number of aliphatic imine (C=N–C) groups is 1. The van der Waals surface area contributed by atoms with Crippen LogP contribution in [-0.4, -0.2) is 12.4 Å². The molecule has 1 N–H and O–H groups in total. The molecular formula is C14H19FN2. The van der Waals surface area contributed by atoms with E-state index < -0.39 is 0 Å². The normalized spacial score (nSPS) is 10.4. The minimum Gasteiger partial charge on any atom is -0.305 e. The molecule has 0 aromatic heterocycles. The van der Waals surface area contributed by atoms with Crippen LogP contribution in [0, 0.1) is 18.2 Å². The van der Waals surface area contributed by atoms with Crippen LogP contribution in [-0.2, 0) is 12.8 Å². The van der Waals surface area contributed by atoms with Crippen molar-refractivity contribution in [3.63, 3.8) is 0 Å². The van der Waals surface area contributed by atoms with E-state index in [1.807, 2.05) is 13.8 Å². The molecule has 0 atom stereocenters. The summed E-state index contributed by atoms with van der Waals surface area (Å²) in [7, 11) is 0. The number of benzene rings is 1. The molecule has 3 heteroatoms. The van der Waals surface area contributed by atoms with Gasteiger partial charge in [-0.2, -0.15) is 0 Å². The first-order valence-electron chi connectivity index (χ1n) is 5.85. The van der Waals surface area contributed by atoms with Crippen LogP contribution >= 0.6 is 0 Å². The zero-order valence-electron chi connectivity index (χ0n) is 10.9. The molecular weight excluding hydrogens is 215 g/mol. The van der Waals surface area contributed by atoms with Gasteiger partial charge in [0.2, 0.25) is 0 Å². The molecule has 92 valence electrons. The van der Waals surface area contributed by atoms with Gasteiger partial charge in [-0.05, 0) is 50.1 Å². The van der Waals surface area contributed by atoms with Crippen molar-refractivity contribution >= 4 is 18.1 Å². The lowest BCUT2D eigenvalue weighted by atomic mass is 9.89. The van der Waals surface area contributed by atoms with Crippen LogP contribution in [0.2, 0.25) is 0 Å². The zero-order valence-corrected chi connectivity index (χ0v) is 10.9. The van der Waals surface area contributed by atoms with Crippen molar-refractivity contribution in [2.24, 2.45) is 4.99 Å². The fourth-order valence-corrected chi connectivity index (χ4v) is 2.36. The van der Waals surface area contributed by atoms with Gasteiger partial charge in [0, 0.05) is 11.3 Å².